The lowest BCUT2D eigenvalue weighted by Crippen LogP contribution is -2.21. The Balaban J connectivity index is 2.51. The van der Waals surface area contributed by atoms with E-state index in [1.807, 2.05) is 26.8 Å². The molecule has 0 aromatic carbocycles. The van der Waals surface area contributed by atoms with Gasteiger partial charge in [-0.25, -0.2) is 9.78 Å². The Kier molecular flexibility index (Phi) is 3.85. The molecule has 2 rings (SSSR count). The summed E-state index contributed by atoms with van der Waals surface area (Å²) in [5.41, 5.74) is 2.37. The van der Waals surface area contributed by atoms with E-state index in [0.717, 1.165) is 11.1 Å². The summed E-state index contributed by atoms with van der Waals surface area (Å²) < 4.78 is 0. The number of carbonyl (C=O) groups excluding carboxylic acids is 1. The second-order valence-corrected chi connectivity index (χ2v) is 6.34. The number of amides is 1. The summed E-state index contributed by atoms with van der Waals surface area (Å²) in [6, 6.07) is 1.92. The molecular formula is C16H20N2O3. The number of rotatable bonds is 2. The van der Waals surface area contributed by atoms with Crippen LogP contribution in [0, 0.1) is 5.41 Å². The minimum atomic E-state index is -0.911. The average Bonchev–Trinajstić information content (AvgIpc) is 2.35. The molecule has 2 heterocycles. The Morgan fingerprint density at radius 1 is 1.33 bits per heavy atom. The third-order valence-electron chi connectivity index (χ3n) is 3.62. The predicted molar refractivity (Wildman–Crippen MR) is 80.9 cm³/mol. The van der Waals surface area contributed by atoms with Gasteiger partial charge in [0.2, 0.25) is 5.91 Å². The summed E-state index contributed by atoms with van der Waals surface area (Å²) >= 11 is 0. The van der Waals surface area contributed by atoms with Crippen LogP contribution >= 0.6 is 0 Å². The van der Waals surface area contributed by atoms with Gasteiger partial charge in [0, 0.05) is 18.2 Å². The lowest BCUT2D eigenvalue weighted by molar-refractivity contribution is -0.133. The van der Waals surface area contributed by atoms with E-state index < -0.39 is 11.4 Å². The molecule has 0 saturated carbocycles. The fourth-order valence-electron chi connectivity index (χ4n) is 2.65. The number of carboxylic acids is 1. The van der Waals surface area contributed by atoms with Gasteiger partial charge in [-0.3, -0.25) is 4.79 Å². The Hall–Kier alpha value is -2.17. The van der Waals surface area contributed by atoms with Gasteiger partial charge in [0.05, 0.1) is 0 Å². The summed E-state index contributed by atoms with van der Waals surface area (Å²) in [7, 11) is 0. The van der Waals surface area contributed by atoms with Crippen molar-refractivity contribution in [2.45, 2.75) is 40.5 Å². The van der Waals surface area contributed by atoms with E-state index in [4.69, 9.17) is 0 Å². The monoisotopic (exact) mass is 288 g/mol. The molecule has 0 fully saturated rings. The Labute approximate surface area is 124 Å². The van der Waals surface area contributed by atoms with Gasteiger partial charge in [-0.1, -0.05) is 20.8 Å². The maximum Gasteiger partial charge on any atom is 0.332 e. The van der Waals surface area contributed by atoms with Gasteiger partial charge < -0.3 is 10.4 Å². The van der Waals surface area contributed by atoms with Crippen LogP contribution in [0.25, 0.3) is 5.57 Å². The van der Waals surface area contributed by atoms with Gasteiger partial charge in [0.1, 0.15) is 5.82 Å². The van der Waals surface area contributed by atoms with Gasteiger partial charge in [-0.05, 0) is 41.5 Å². The van der Waals surface area contributed by atoms with Gasteiger partial charge >= 0.3 is 5.97 Å². The minimum Gasteiger partial charge on any atom is -0.478 e. The molecule has 1 amide bonds. The van der Waals surface area contributed by atoms with Crippen LogP contribution in [0.15, 0.2) is 17.8 Å². The van der Waals surface area contributed by atoms with Crippen molar-refractivity contribution in [1.82, 2.24) is 4.98 Å². The third kappa shape index (κ3) is 3.12. The van der Waals surface area contributed by atoms with Gasteiger partial charge in [-0.2, -0.15) is 0 Å². The van der Waals surface area contributed by atoms with Crippen LogP contribution in [0.3, 0.4) is 0 Å². The zero-order valence-electron chi connectivity index (χ0n) is 12.8. The molecule has 5 nitrogen and oxygen atoms in total. The first-order valence-corrected chi connectivity index (χ1v) is 6.94. The number of aryl methyl sites for hydroxylation is 1. The molecule has 0 spiro atoms. The van der Waals surface area contributed by atoms with E-state index in [2.05, 4.69) is 10.3 Å². The summed E-state index contributed by atoms with van der Waals surface area (Å²) in [5, 5.41) is 12.2. The Morgan fingerprint density at radius 2 is 2.00 bits per heavy atom. The quantitative estimate of drug-likeness (QED) is 0.820. The number of hydrogen-bond acceptors (Lipinski definition) is 3. The maximum atomic E-state index is 11.6. The number of carboxylic acid groups (broad SMARTS) is 1. The van der Waals surface area contributed by atoms with Crippen LogP contribution in [0.2, 0.25) is 0 Å². The number of anilines is 1. The molecule has 1 aromatic rings. The average molecular weight is 288 g/mol. The highest BCUT2D eigenvalue weighted by atomic mass is 16.4. The normalized spacial score (nSPS) is 15.9. The summed E-state index contributed by atoms with van der Waals surface area (Å²) in [6.07, 6.45) is 2.69. The van der Waals surface area contributed by atoms with E-state index >= 15 is 0 Å². The Bertz CT molecular complexity index is 639. The van der Waals surface area contributed by atoms with Crippen LogP contribution in [-0.2, 0) is 16.0 Å². The number of pyridine rings is 1. The maximum absolute atomic E-state index is 11.6. The molecule has 0 saturated heterocycles. The third-order valence-corrected chi connectivity index (χ3v) is 3.62. The molecule has 0 aliphatic carbocycles. The molecule has 112 valence electrons. The highest BCUT2D eigenvalue weighted by Gasteiger charge is 2.27. The summed E-state index contributed by atoms with van der Waals surface area (Å²) in [6.45, 7) is 7.45. The smallest absolute Gasteiger partial charge is 0.332 e. The van der Waals surface area contributed by atoms with Crippen LogP contribution in [0.1, 0.15) is 45.2 Å². The molecule has 5 heteroatoms. The van der Waals surface area contributed by atoms with Crippen molar-refractivity contribution in [3.8, 4) is 0 Å². The molecule has 1 aromatic heterocycles. The number of carbonyl (C=O) groups is 2. The van der Waals surface area contributed by atoms with Crippen LogP contribution in [-0.4, -0.2) is 22.0 Å². The molecule has 2 N–H and O–H groups in total. The highest BCUT2D eigenvalue weighted by molar-refractivity contribution is 5.97. The first kappa shape index (κ1) is 15.2. The predicted octanol–water partition coefficient (Wildman–Crippen LogP) is 2.87. The number of fused-ring (bicyclic) bond motifs is 1. The molecule has 0 unspecified atom stereocenters. The van der Waals surface area contributed by atoms with Crippen molar-refractivity contribution in [3.63, 3.8) is 0 Å². The topological polar surface area (TPSA) is 79.3 Å². The fourth-order valence-corrected chi connectivity index (χ4v) is 2.65. The molecular weight excluding hydrogens is 268 g/mol. The SMILES string of the molecule is C/C(=C(\C(=O)O)C(C)(C)C)c1cnc2c(c1)CCC(=O)N2. The summed E-state index contributed by atoms with van der Waals surface area (Å²) in [4.78, 5) is 27.1. The second kappa shape index (κ2) is 5.31. The number of allylic oxidation sites excluding steroid dienone is 1. The number of nitrogens with one attached hydrogen (secondary N) is 1. The van der Waals surface area contributed by atoms with Crippen molar-refractivity contribution >= 4 is 23.3 Å². The molecule has 21 heavy (non-hydrogen) atoms. The first-order chi connectivity index (χ1) is 9.70. The van der Waals surface area contributed by atoms with E-state index in [0.29, 0.717) is 29.8 Å². The van der Waals surface area contributed by atoms with E-state index in [-0.39, 0.29) is 5.91 Å². The van der Waals surface area contributed by atoms with Crippen molar-refractivity contribution in [3.05, 3.63) is 29.0 Å². The molecule has 1 aliphatic heterocycles. The zero-order chi connectivity index (χ0) is 15.8. The van der Waals surface area contributed by atoms with E-state index in [9.17, 15) is 14.7 Å². The van der Waals surface area contributed by atoms with Crippen LogP contribution in [0.5, 0.6) is 0 Å². The molecule has 0 bridgehead atoms. The minimum absolute atomic E-state index is 0.0315. The van der Waals surface area contributed by atoms with Crippen LogP contribution < -0.4 is 5.32 Å². The van der Waals surface area contributed by atoms with Crippen molar-refractivity contribution in [1.29, 1.82) is 0 Å². The van der Waals surface area contributed by atoms with E-state index in [1.54, 1.807) is 13.1 Å². The fraction of sp³-hybridized carbons (Fsp3) is 0.438. The second-order valence-electron chi connectivity index (χ2n) is 6.34. The standard InChI is InChI=1S/C16H20N2O3/c1-9(13(15(20)21)16(2,3)4)11-7-10-5-6-12(19)18-14(10)17-8-11/h7-8H,5-6H2,1-4H3,(H,20,21)(H,17,18,19)/b13-9-. The Morgan fingerprint density at radius 3 is 2.57 bits per heavy atom. The number of aromatic nitrogens is 1. The van der Waals surface area contributed by atoms with Crippen molar-refractivity contribution < 1.29 is 14.7 Å². The lowest BCUT2D eigenvalue weighted by Gasteiger charge is -2.23. The molecule has 0 radical (unpaired) electrons. The zero-order valence-corrected chi connectivity index (χ0v) is 12.8. The molecule has 1 aliphatic rings. The number of hydrogen-bond donors (Lipinski definition) is 2. The largest absolute Gasteiger partial charge is 0.478 e. The number of aliphatic carboxylic acids is 1. The first-order valence-electron chi connectivity index (χ1n) is 6.94. The number of nitrogens with zero attached hydrogens (tertiary/aromatic N) is 1. The van der Waals surface area contributed by atoms with Gasteiger partial charge in [0.15, 0.2) is 0 Å². The van der Waals surface area contributed by atoms with Gasteiger partial charge in [-0.15, -0.1) is 0 Å². The van der Waals surface area contributed by atoms with Crippen molar-refractivity contribution in [2.75, 3.05) is 5.32 Å². The molecule has 0 atom stereocenters. The van der Waals surface area contributed by atoms with E-state index in [1.165, 1.54) is 0 Å². The van der Waals surface area contributed by atoms with Crippen LogP contribution in [0.4, 0.5) is 5.82 Å². The van der Waals surface area contributed by atoms with Gasteiger partial charge in [0.25, 0.3) is 0 Å². The lowest BCUT2D eigenvalue weighted by atomic mass is 9.82. The van der Waals surface area contributed by atoms with Crippen molar-refractivity contribution in [2.24, 2.45) is 5.41 Å². The summed E-state index contributed by atoms with van der Waals surface area (Å²) in [5.74, 6) is -0.364. The highest BCUT2D eigenvalue weighted by Crippen LogP contribution is 2.33.